The molecular formula is C18H20O4. The number of carbonyl (C=O) groups is 2. The number of ether oxygens (including phenoxy) is 2. The van der Waals surface area contributed by atoms with Crippen LogP contribution in [0.2, 0.25) is 0 Å². The van der Waals surface area contributed by atoms with E-state index in [2.05, 4.69) is 0 Å². The molecule has 0 saturated carbocycles. The van der Waals surface area contributed by atoms with Crippen molar-refractivity contribution in [3.63, 3.8) is 0 Å². The molecule has 116 valence electrons. The molecule has 0 aliphatic rings. The smallest absolute Gasteiger partial charge is 0.339 e. The second-order valence-corrected chi connectivity index (χ2v) is 4.98. The van der Waals surface area contributed by atoms with Crippen LogP contribution in [0.1, 0.15) is 47.4 Å². The van der Waals surface area contributed by atoms with Gasteiger partial charge in [-0.1, -0.05) is 44.2 Å². The lowest BCUT2D eigenvalue weighted by atomic mass is 9.99. The van der Waals surface area contributed by atoms with E-state index in [1.807, 2.05) is 44.2 Å². The predicted octanol–water partition coefficient (Wildman–Crippen LogP) is 3.97. The van der Waals surface area contributed by atoms with Gasteiger partial charge in [0.05, 0.1) is 24.3 Å². The highest BCUT2D eigenvalue weighted by Crippen LogP contribution is 2.24. The molecule has 0 unspecified atom stereocenters. The van der Waals surface area contributed by atoms with E-state index >= 15 is 0 Å². The highest BCUT2D eigenvalue weighted by Gasteiger charge is 2.22. The highest BCUT2D eigenvalue weighted by atomic mass is 16.5. The van der Waals surface area contributed by atoms with Crippen LogP contribution in [0.15, 0.2) is 36.4 Å². The molecule has 22 heavy (non-hydrogen) atoms. The predicted molar refractivity (Wildman–Crippen MR) is 85.1 cm³/mol. The summed E-state index contributed by atoms with van der Waals surface area (Å²) in [5.74, 6) is -0.974. The van der Waals surface area contributed by atoms with E-state index in [1.54, 1.807) is 6.07 Å². The van der Waals surface area contributed by atoms with E-state index in [4.69, 9.17) is 9.47 Å². The Morgan fingerprint density at radius 1 is 0.864 bits per heavy atom. The topological polar surface area (TPSA) is 52.6 Å². The van der Waals surface area contributed by atoms with Gasteiger partial charge in [-0.15, -0.1) is 0 Å². The van der Waals surface area contributed by atoms with Crippen molar-refractivity contribution < 1.29 is 19.1 Å². The Morgan fingerprint density at radius 3 is 2.18 bits per heavy atom. The van der Waals surface area contributed by atoms with Crippen LogP contribution < -0.4 is 0 Å². The van der Waals surface area contributed by atoms with Crippen molar-refractivity contribution in [2.24, 2.45) is 0 Å². The van der Waals surface area contributed by atoms with E-state index in [0.717, 1.165) is 18.2 Å². The first-order valence-electron chi connectivity index (χ1n) is 7.55. The summed E-state index contributed by atoms with van der Waals surface area (Å²) in [6.45, 7) is 4.50. The van der Waals surface area contributed by atoms with Gasteiger partial charge in [0, 0.05) is 0 Å². The lowest BCUT2D eigenvalue weighted by Crippen LogP contribution is -2.15. The molecule has 0 heterocycles. The molecule has 0 amide bonds. The molecule has 0 aliphatic heterocycles. The van der Waals surface area contributed by atoms with Gasteiger partial charge in [0.15, 0.2) is 0 Å². The second kappa shape index (κ2) is 7.59. The lowest BCUT2D eigenvalue weighted by molar-refractivity contribution is 0.0460. The fourth-order valence-electron chi connectivity index (χ4n) is 2.20. The lowest BCUT2D eigenvalue weighted by Gasteiger charge is -2.12. The Hall–Kier alpha value is -2.36. The number of rotatable bonds is 6. The summed E-state index contributed by atoms with van der Waals surface area (Å²) in [7, 11) is 0. The van der Waals surface area contributed by atoms with Crippen LogP contribution in [0, 0.1) is 0 Å². The minimum absolute atomic E-state index is 0.258. The summed E-state index contributed by atoms with van der Waals surface area (Å²) in [5.41, 5.74) is 0.543. The van der Waals surface area contributed by atoms with E-state index in [1.165, 1.54) is 0 Å². The molecule has 0 aromatic heterocycles. The summed E-state index contributed by atoms with van der Waals surface area (Å²) >= 11 is 0. The molecule has 0 atom stereocenters. The van der Waals surface area contributed by atoms with Crippen molar-refractivity contribution in [1.29, 1.82) is 0 Å². The van der Waals surface area contributed by atoms with E-state index in [-0.39, 0.29) is 11.1 Å². The molecule has 2 aromatic carbocycles. The molecule has 0 fully saturated rings. The van der Waals surface area contributed by atoms with Gasteiger partial charge in [-0.25, -0.2) is 9.59 Å². The molecular weight excluding hydrogens is 280 g/mol. The second-order valence-electron chi connectivity index (χ2n) is 4.98. The summed E-state index contributed by atoms with van der Waals surface area (Å²) in [6.07, 6.45) is 1.46. The number of carbonyl (C=O) groups excluding carboxylic acids is 2. The van der Waals surface area contributed by atoms with Crippen LogP contribution in [0.4, 0.5) is 0 Å². The Bertz CT molecular complexity index is 676. The Labute approximate surface area is 130 Å². The molecule has 4 heteroatoms. The average Bonchev–Trinajstić information content (AvgIpc) is 2.56. The fourth-order valence-corrected chi connectivity index (χ4v) is 2.20. The van der Waals surface area contributed by atoms with E-state index in [9.17, 15) is 9.59 Å². The van der Waals surface area contributed by atoms with Crippen molar-refractivity contribution in [3.8, 4) is 0 Å². The van der Waals surface area contributed by atoms with Crippen molar-refractivity contribution in [2.75, 3.05) is 13.2 Å². The molecule has 0 spiro atoms. The summed E-state index contributed by atoms with van der Waals surface area (Å²) < 4.78 is 10.4. The zero-order valence-electron chi connectivity index (χ0n) is 12.9. The zero-order valence-corrected chi connectivity index (χ0v) is 12.9. The first-order valence-corrected chi connectivity index (χ1v) is 7.55. The Morgan fingerprint density at radius 2 is 1.50 bits per heavy atom. The molecule has 0 bridgehead atoms. The minimum Gasteiger partial charge on any atom is -0.462 e. The fraction of sp³-hybridized carbons (Fsp3) is 0.333. The normalized spacial score (nSPS) is 10.5. The molecule has 2 rings (SSSR count). The van der Waals surface area contributed by atoms with Gasteiger partial charge in [-0.05, 0) is 29.7 Å². The van der Waals surface area contributed by atoms with Crippen molar-refractivity contribution in [2.45, 2.75) is 26.7 Å². The van der Waals surface area contributed by atoms with Gasteiger partial charge in [-0.3, -0.25) is 0 Å². The van der Waals surface area contributed by atoms with Crippen molar-refractivity contribution >= 4 is 22.7 Å². The quantitative estimate of drug-likeness (QED) is 0.757. The van der Waals surface area contributed by atoms with Crippen LogP contribution in [-0.2, 0) is 9.47 Å². The third kappa shape index (κ3) is 3.45. The third-order valence-electron chi connectivity index (χ3n) is 3.23. The number of benzene rings is 2. The number of hydrogen-bond acceptors (Lipinski definition) is 4. The van der Waals surface area contributed by atoms with Crippen LogP contribution in [0.5, 0.6) is 0 Å². The molecule has 0 saturated heterocycles. The number of esters is 2. The van der Waals surface area contributed by atoms with Crippen LogP contribution in [-0.4, -0.2) is 25.2 Å². The zero-order chi connectivity index (χ0) is 15.9. The number of fused-ring (bicyclic) bond motifs is 1. The molecule has 0 aliphatic carbocycles. The van der Waals surface area contributed by atoms with Gasteiger partial charge in [-0.2, -0.15) is 0 Å². The SMILES string of the molecule is CCCOC(=O)c1ccc2ccccc2c1C(=O)OCCC. The van der Waals surface area contributed by atoms with Crippen molar-refractivity contribution in [1.82, 2.24) is 0 Å². The number of hydrogen-bond donors (Lipinski definition) is 0. The molecule has 4 nitrogen and oxygen atoms in total. The first-order chi connectivity index (χ1) is 10.7. The average molecular weight is 300 g/mol. The largest absolute Gasteiger partial charge is 0.462 e. The maximum Gasteiger partial charge on any atom is 0.339 e. The van der Waals surface area contributed by atoms with E-state index < -0.39 is 11.9 Å². The van der Waals surface area contributed by atoms with Gasteiger partial charge in [0.2, 0.25) is 0 Å². The Kier molecular flexibility index (Phi) is 5.53. The third-order valence-corrected chi connectivity index (χ3v) is 3.23. The summed E-state index contributed by atoms with van der Waals surface area (Å²) in [6, 6.07) is 10.9. The molecule has 0 N–H and O–H groups in total. The highest BCUT2D eigenvalue weighted by molar-refractivity contribution is 6.12. The molecule has 2 aromatic rings. The maximum absolute atomic E-state index is 12.4. The van der Waals surface area contributed by atoms with Crippen molar-refractivity contribution in [3.05, 3.63) is 47.5 Å². The van der Waals surface area contributed by atoms with Crippen LogP contribution in [0.25, 0.3) is 10.8 Å². The van der Waals surface area contributed by atoms with E-state index in [0.29, 0.717) is 18.6 Å². The summed E-state index contributed by atoms with van der Waals surface area (Å²) in [4.78, 5) is 24.6. The maximum atomic E-state index is 12.4. The minimum atomic E-state index is -0.490. The van der Waals surface area contributed by atoms with Gasteiger partial charge >= 0.3 is 11.9 Å². The first kappa shape index (κ1) is 16.0. The Balaban J connectivity index is 2.50. The van der Waals surface area contributed by atoms with Gasteiger partial charge < -0.3 is 9.47 Å². The van der Waals surface area contributed by atoms with Crippen LogP contribution >= 0.6 is 0 Å². The van der Waals surface area contributed by atoms with Gasteiger partial charge in [0.25, 0.3) is 0 Å². The summed E-state index contributed by atoms with van der Waals surface area (Å²) in [5, 5.41) is 1.59. The monoisotopic (exact) mass is 300 g/mol. The standard InChI is InChI=1S/C18H20O4/c1-3-11-21-17(19)15-10-9-13-7-5-6-8-14(13)16(15)18(20)22-12-4-2/h5-10H,3-4,11-12H2,1-2H3. The molecule has 0 radical (unpaired) electrons. The van der Waals surface area contributed by atoms with Gasteiger partial charge in [0.1, 0.15) is 0 Å². The van der Waals surface area contributed by atoms with Crippen LogP contribution in [0.3, 0.4) is 0 Å².